The largest absolute Gasteiger partial charge is 0.445 e. The van der Waals surface area contributed by atoms with Crippen LogP contribution in [0.3, 0.4) is 0 Å². The lowest BCUT2D eigenvalue weighted by Crippen LogP contribution is -2.63. The molecular weight excluding hydrogens is 590 g/mol. The lowest BCUT2D eigenvalue weighted by Gasteiger charge is -2.41. The molecule has 11 heteroatoms. The SMILES string of the molecule is CC(C)(C)OC(=O)NC(CO)(C(=O)N(C(=O)OCc1ccccc1)C1CCN(C(=O)OCc2ccccc2)CC1)c1ccccc1. The number of ether oxygens (including phenoxy) is 3. The van der Waals surface area contributed by atoms with Gasteiger partial charge in [-0.1, -0.05) is 91.0 Å². The van der Waals surface area contributed by atoms with Crippen LogP contribution < -0.4 is 5.32 Å². The summed E-state index contributed by atoms with van der Waals surface area (Å²) in [5.74, 6) is -0.893. The number of aliphatic hydroxyl groups excluding tert-OH is 1. The molecule has 3 aromatic rings. The van der Waals surface area contributed by atoms with E-state index in [4.69, 9.17) is 14.2 Å². The van der Waals surface area contributed by atoms with E-state index in [1.165, 1.54) is 4.90 Å². The van der Waals surface area contributed by atoms with Gasteiger partial charge < -0.3 is 29.5 Å². The zero-order valence-corrected chi connectivity index (χ0v) is 26.4. The van der Waals surface area contributed by atoms with E-state index < -0.39 is 48.0 Å². The summed E-state index contributed by atoms with van der Waals surface area (Å²) < 4.78 is 16.5. The molecule has 1 aliphatic heterocycles. The fraction of sp³-hybridized carbons (Fsp3) is 0.371. The number of hydrogen-bond donors (Lipinski definition) is 2. The minimum Gasteiger partial charge on any atom is -0.445 e. The first-order valence-corrected chi connectivity index (χ1v) is 15.2. The van der Waals surface area contributed by atoms with Crippen LogP contribution in [0.4, 0.5) is 14.4 Å². The molecule has 0 aromatic heterocycles. The van der Waals surface area contributed by atoms with Gasteiger partial charge in [0.15, 0.2) is 5.54 Å². The Kier molecular flexibility index (Phi) is 11.4. The lowest BCUT2D eigenvalue weighted by molar-refractivity contribution is -0.142. The molecule has 0 spiro atoms. The van der Waals surface area contributed by atoms with Crippen LogP contribution in [-0.2, 0) is 37.8 Å². The number of benzene rings is 3. The number of carbonyl (C=O) groups excluding carboxylic acids is 4. The van der Waals surface area contributed by atoms with Crippen LogP contribution in [0.15, 0.2) is 91.0 Å². The Labute approximate surface area is 269 Å². The van der Waals surface area contributed by atoms with Gasteiger partial charge in [0.25, 0.3) is 5.91 Å². The van der Waals surface area contributed by atoms with Gasteiger partial charge in [0.1, 0.15) is 18.8 Å². The first-order valence-electron chi connectivity index (χ1n) is 15.2. The number of piperidine rings is 1. The van der Waals surface area contributed by atoms with Gasteiger partial charge >= 0.3 is 18.3 Å². The van der Waals surface area contributed by atoms with Gasteiger partial charge in [-0.05, 0) is 50.3 Å². The molecule has 11 nitrogen and oxygen atoms in total. The Morgan fingerprint density at radius 1 is 0.804 bits per heavy atom. The summed E-state index contributed by atoms with van der Waals surface area (Å²) in [7, 11) is 0. The standard InChI is InChI=1S/C35H41N3O8/c1-34(2,3)46-31(41)36-35(25-39,28-17-11-6-12-18-28)30(40)38(33(43)45-24-27-15-9-5-10-16-27)29-19-21-37(22-20-29)32(42)44-23-26-13-7-4-8-14-26/h4-18,29,39H,19-25H2,1-3H3,(H,36,41). The molecule has 1 atom stereocenters. The molecule has 1 saturated heterocycles. The van der Waals surface area contributed by atoms with Crippen LogP contribution in [0.2, 0.25) is 0 Å². The third kappa shape index (κ3) is 8.85. The molecule has 0 radical (unpaired) electrons. The van der Waals surface area contributed by atoms with Crippen LogP contribution in [0, 0.1) is 0 Å². The van der Waals surface area contributed by atoms with Crippen LogP contribution in [-0.4, -0.2) is 70.4 Å². The van der Waals surface area contributed by atoms with E-state index in [2.05, 4.69) is 5.32 Å². The molecule has 1 heterocycles. The Bertz CT molecular complexity index is 1460. The van der Waals surface area contributed by atoms with Crippen molar-refractivity contribution in [3.05, 3.63) is 108 Å². The van der Waals surface area contributed by atoms with Crippen molar-refractivity contribution in [3.63, 3.8) is 0 Å². The molecule has 46 heavy (non-hydrogen) atoms. The van der Waals surface area contributed by atoms with Crippen molar-refractivity contribution in [2.24, 2.45) is 0 Å². The first-order chi connectivity index (χ1) is 22.0. The minimum absolute atomic E-state index is 0.106. The minimum atomic E-state index is -2.08. The van der Waals surface area contributed by atoms with Gasteiger partial charge in [0, 0.05) is 19.1 Å². The van der Waals surface area contributed by atoms with Crippen molar-refractivity contribution in [1.82, 2.24) is 15.1 Å². The second-order valence-electron chi connectivity index (χ2n) is 12.0. The van der Waals surface area contributed by atoms with Crippen molar-refractivity contribution >= 4 is 24.2 Å². The predicted molar refractivity (Wildman–Crippen MR) is 169 cm³/mol. The maximum atomic E-state index is 14.6. The Balaban J connectivity index is 1.59. The zero-order valence-electron chi connectivity index (χ0n) is 26.4. The van der Waals surface area contributed by atoms with Gasteiger partial charge in [-0.2, -0.15) is 0 Å². The Morgan fingerprint density at radius 2 is 1.30 bits per heavy atom. The summed E-state index contributed by atoms with van der Waals surface area (Å²) in [6, 6.07) is 25.8. The highest BCUT2D eigenvalue weighted by Crippen LogP contribution is 2.29. The Morgan fingerprint density at radius 3 is 1.80 bits per heavy atom. The summed E-state index contributed by atoms with van der Waals surface area (Å²) >= 11 is 0. The zero-order chi connectivity index (χ0) is 33.2. The molecule has 1 fully saturated rings. The normalized spacial score (nSPS) is 14.8. The number of carbonyl (C=O) groups is 4. The molecule has 4 rings (SSSR count). The van der Waals surface area contributed by atoms with Crippen molar-refractivity contribution in [2.75, 3.05) is 19.7 Å². The van der Waals surface area contributed by atoms with Crippen LogP contribution in [0.5, 0.6) is 0 Å². The van der Waals surface area contributed by atoms with E-state index >= 15 is 0 Å². The molecule has 1 unspecified atom stereocenters. The number of likely N-dealkylation sites (tertiary alicyclic amines) is 1. The lowest BCUT2D eigenvalue weighted by atomic mass is 9.88. The van der Waals surface area contributed by atoms with E-state index in [0.717, 1.165) is 10.5 Å². The van der Waals surface area contributed by atoms with Crippen LogP contribution >= 0.6 is 0 Å². The van der Waals surface area contributed by atoms with Gasteiger partial charge in [0.2, 0.25) is 0 Å². The van der Waals surface area contributed by atoms with E-state index in [9.17, 15) is 24.3 Å². The monoisotopic (exact) mass is 631 g/mol. The fourth-order valence-corrected chi connectivity index (χ4v) is 5.16. The van der Waals surface area contributed by atoms with Gasteiger partial charge in [-0.3, -0.25) is 4.79 Å². The highest BCUT2D eigenvalue weighted by molar-refractivity contribution is 6.00. The molecule has 0 saturated carbocycles. The van der Waals surface area contributed by atoms with Gasteiger partial charge in [-0.25, -0.2) is 19.3 Å². The summed E-state index contributed by atoms with van der Waals surface area (Å²) in [4.78, 5) is 56.8. The average Bonchev–Trinajstić information content (AvgIpc) is 3.06. The molecule has 1 aliphatic rings. The maximum absolute atomic E-state index is 14.6. The molecule has 4 amide bonds. The second-order valence-corrected chi connectivity index (χ2v) is 12.0. The maximum Gasteiger partial charge on any atom is 0.417 e. The number of imide groups is 1. The van der Waals surface area contributed by atoms with Crippen molar-refractivity contribution < 1.29 is 38.5 Å². The Hall–Kier alpha value is -4.90. The summed E-state index contributed by atoms with van der Waals surface area (Å²) in [5.41, 5.74) is -1.18. The number of rotatable bonds is 9. The highest BCUT2D eigenvalue weighted by Gasteiger charge is 2.49. The van der Waals surface area contributed by atoms with E-state index in [1.54, 1.807) is 75.4 Å². The van der Waals surface area contributed by atoms with E-state index in [-0.39, 0.29) is 44.7 Å². The third-order valence-corrected chi connectivity index (χ3v) is 7.50. The highest BCUT2D eigenvalue weighted by atomic mass is 16.6. The second kappa shape index (κ2) is 15.4. The van der Waals surface area contributed by atoms with E-state index in [1.807, 2.05) is 36.4 Å². The number of alkyl carbamates (subject to hydrolysis) is 1. The number of nitrogens with zero attached hydrogens (tertiary/aromatic N) is 2. The molecule has 244 valence electrons. The number of hydrogen-bond acceptors (Lipinski definition) is 8. The molecule has 0 bridgehead atoms. The van der Waals surface area contributed by atoms with Gasteiger partial charge in [-0.15, -0.1) is 0 Å². The third-order valence-electron chi connectivity index (χ3n) is 7.50. The van der Waals surface area contributed by atoms with Crippen molar-refractivity contribution in [3.8, 4) is 0 Å². The van der Waals surface area contributed by atoms with Crippen LogP contribution in [0.1, 0.15) is 50.3 Å². The number of nitrogens with one attached hydrogen (secondary N) is 1. The smallest absolute Gasteiger partial charge is 0.417 e. The molecule has 2 N–H and O–H groups in total. The van der Waals surface area contributed by atoms with Gasteiger partial charge in [0.05, 0.1) is 6.61 Å². The summed E-state index contributed by atoms with van der Waals surface area (Å²) in [6.07, 6.45) is -1.97. The van der Waals surface area contributed by atoms with E-state index in [0.29, 0.717) is 5.56 Å². The molecular formula is C35H41N3O8. The first kappa shape index (κ1) is 34.0. The average molecular weight is 632 g/mol. The number of amides is 4. The van der Waals surface area contributed by atoms with Crippen molar-refractivity contribution in [1.29, 1.82) is 0 Å². The molecule has 0 aliphatic carbocycles. The molecule has 3 aromatic carbocycles. The fourth-order valence-electron chi connectivity index (χ4n) is 5.16. The topological polar surface area (TPSA) is 135 Å². The number of aliphatic hydroxyl groups is 1. The predicted octanol–water partition coefficient (Wildman–Crippen LogP) is 5.37. The van der Waals surface area contributed by atoms with Crippen LogP contribution in [0.25, 0.3) is 0 Å². The quantitative estimate of drug-likeness (QED) is 0.301. The van der Waals surface area contributed by atoms with Crippen molar-refractivity contribution in [2.45, 2.75) is 64.0 Å². The summed E-state index contributed by atoms with van der Waals surface area (Å²) in [5, 5.41) is 13.4. The summed E-state index contributed by atoms with van der Waals surface area (Å²) in [6.45, 7) is 4.54.